The maximum atomic E-state index is 7.62. The molecule has 1 radical (unpaired) electrons. The van der Waals surface area contributed by atoms with Gasteiger partial charge in [0, 0.05) is 47.7 Å². The summed E-state index contributed by atoms with van der Waals surface area (Å²) in [6.07, 6.45) is 3.96. The van der Waals surface area contributed by atoms with Crippen molar-refractivity contribution in [3.63, 3.8) is 0 Å². The standard InChI is InChI=1S/C24H14N3O.C16H18N.Ir/c1-2-8-16(9-3-1)27-21-14-5-4-13-20(21)26-23(27)19-11-6-10-17-18-12-7-15-25-24(18)28-22(17)19;1-12(2)9-15-10-16(17-11-13(15)3)14-7-5-4-6-8-14;/h1-10,12-15H;4-7,10-12H,9H2,1-3H3;/q2*-1;/i;3D3;. The molecule has 46 heavy (non-hydrogen) atoms. The van der Waals surface area contributed by atoms with Crippen LogP contribution < -0.4 is 0 Å². The van der Waals surface area contributed by atoms with Crippen LogP contribution in [0.15, 0.2) is 126 Å². The Kier molecular flexibility index (Phi) is 8.11. The molecular weight excluding hydrogens is 745 g/mol. The molecule has 4 aromatic heterocycles. The predicted octanol–water partition coefficient (Wildman–Crippen LogP) is 9.84. The number of aryl methyl sites for hydroxylation is 1. The molecule has 0 fully saturated rings. The number of aromatic nitrogens is 4. The number of rotatable bonds is 5. The summed E-state index contributed by atoms with van der Waals surface area (Å²) in [6, 6.07) is 42.2. The molecule has 0 bridgehead atoms. The second-order valence-corrected chi connectivity index (χ2v) is 11.2. The van der Waals surface area contributed by atoms with Crippen molar-refractivity contribution in [1.29, 1.82) is 0 Å². The van der Waals surface area contributed by atoms with Crippen LogP contribution in [0.5, 0.6) is 0 Å². The summed E-state index contributed by atoms with van der Waals surface area (Å²) in [6.45, 7) is 2.05. The van der Waals surface area contributed by atoms with E-state index in [-0.39, 0.29) is 20.1 Å². The number of fused-ring (bicyclic) bond motifs is 4. The van der Waals surface area contributed by atoms with Gasteiger partial charge in [0.15, 0.2) is 0 Å². The number of benzene rings is 4. The molecule has 0 unspecified atom stereocenters. The molecule has 4 aromatic carbocycles. The number of pyridine rings is 2. The SMILES string of the molecule is [2H]C([2H])([2H])c1cnc(-c2[c-]cccc2)cc1CC(C)C.[Ir].[c-]1ccc2c(oc3ncccc32)c1-c1nc2ccccc2n1-c1ccccc1. The van der Waals surface area contributed by atoms with E-state index in [4.69, 9.17) is 13.5 Å². The van der Waals surface area contributed by atoms with Crippen molar-refractivity contribution >= 4 is 33.1 Å². The molecule has 0 amide bonds. The topological polar surface area (TPSA) is 56.7 Å². The largest absolute Gasteiger partial charge is 0.486 e. The Bertz CT molecular complexity index is 2350. The third-order valence-electron chi connectivity index (χ3n) is 7.61. The molecule has 229 valence electrons. The van der Waals surface area contributed by atoms with Crippen molar-refractivity contribution in [2.45, 2.75) is 27.1 Å². The average molecular weight is 780 g/mol. The van der Waals surface area contributed by atoms with Gasteiger partial charge in [-0.15, -0.1) is 54.1 Å². The Morgan fingerprint density at radius 2 is 1.67 bits per heavy atom. The molecule has 0 spiro atoms. The molecule has 0 saturated heterocycles. The van der Waals surface area contributed by atoms with Gasteiger partial charge in [-0.1, -0.05) is 66.8 Å². The molecule has 8 aromatic rings. The number of nitrogens with zero attached hydrogens (tertiary/aromatic N) is 4. The Morgan fingerprint density at radius 3 is 2.48 bits per heavy atom. The van der Waals surface area contributed by atoms with Gasteiger partial charge in [0.05, 0.1) is 22.4 Å². The first-order valence-electron chi connectivity index (χ1n) is 16.5. The van der Waals surface area contributed by atoms with Gasteiger partial charge in [-0.2, -0.15) is 0 Å². The molecule has 0 aliphatic rings. The Balaban J connectivity index is 0.000000177. The fourth-order valence-electron chi connectivity index (χ4n) is 5.58. The summed E-state index contributed by atoms with van der Waals surface area (Å²) in [5.41, 5.74) is 8.09. The van der Waals surface area contributed by atoms with E-state index in [0.717, 1.165) is 67.7 Å². The second-order valence-electron chi connectivity index (χ2n) is 11.2. The van der Waals surface area contributed by atoms with Crippen LogP contribution in [-0.4, -0.2) is 19.5 Å². The van der Waals surface area contributed by atoms with Crippen molar-refractivity contribution < 1.29 is 28.6 Å². The van der Waals surface area contributed by atoms with Gasteiger partial charge in [0.25, 0.3) is 0 Å². The number of para-hydroxylation sites is 3. The Labute approximate surface area is 286 Å². The maximum absolute atomic E-state index is 7.62. The van der Waals surface area contributed by atoms with Gasteiger partial charge >= 0.3 is 0 Å². The van der Waals surface area contributed by atoms with E-state index < -0.39 is 6.85 Å². The smallest absolute Gasteiger partial charge is 0.216 e. The summed E-state index contributed by atoms with van der Waals surface area (Å²) in [5.74, 6) is 1.20. The Hall–Kier alpha value is -4.90. The van der Waals surface area contributed by atoms with Crippen LogP contribution in [0.3, 0.4) is 0 Å². The summed E-state index contributed by atoms with van der Waals surface area (Å²) >= 11 is 0. The van der Waals surface area contributed by atoms with E-state index in [1.807, 2.05) is 91.0 Å². The molecule has 0 aliphatic carbocycles. The van der Waals surface area contributed by atoms with Crippen LogP contribution in [-0.2, 0) is 26.5 Å². The zero-order valence-electron chi connectivity index (χ0n) is 28.4. The first kappa shape index (κ1) is 27.4. The normalized spacial score (nSPS) is 12.3. The van der Waals surface area contributed by atoms with E-state index in [2.05, 4.69) is 58.7 Å². The predicted molar refractivity (Wildman–Crippen MR) is 182 cm³/mol. The number of hydrogen-bond donors (Lipinski definition) is 0. The maximum Gasteiger partial charge on any atom is 0.216 e. The summed E-state index contributed by atoms with van der Waals surface area (Å²) < 4.78 is 31.1. The van der Waals surface area contributed by atoms with E-state index in [9.17, 15) is 0 Å². The third-order valence-corrected chi connectivity index (χ3v) is 7.61. The fourth-order valence-corrected chi connectivity index (χ4v) is 5.58. The molecule has 5 nitrogen and oxygen atoms in total. The van der Waals surface area contributed by atoms with Crippen LogP contribution in [0, 0.1) is 24.9 Å². The van der Waals surface area contributed by atoms with Crippen LogP contribution in [0.25, 0.3) is 61.4 Å². The van der Waals surface area contributed by atoms with Gasteiger partial charge in [-0.3, -0.25) is 4.98 Å². The van der Waals surface area contributed by atoms with Crippen molar-refractivity contribution in [2.75, 3.05) is 0 Å². The minimum atomic E-state index is -2.11. The van der Waals surface area contributed by atoms with E-state index in [1.54, 1.807) is 6.20 Å². The second kappa shape index (κ2) is 13.6. The van der Waals surface area contributed by atoms with Crippen molar-refractivity contribution in [3.05, 3.63) is 145 Å². The van der Waals surface area contributed by atoms with Gasteiger partial charge in [-0.25, -0.2) is 4.98 Å². The fraction of sp³-hybridized carbons (Fsp3) is 0.125. The summed E-state index contributed by atoms with van der Waals surface area (Å²) in [5, 5.41) is 2.01. The van der Waals surface area contributed by atoms with Gasteiger partial charge in [0.1, 0.15) is 0 Å². The monoisotopic (exact) mass is 780 g/mol. The molecule has 0 aliphatic heterocycles. The van der Waals surface area contributed by atoms with E-state index >= 15 is 0 Å². The number of hydrogen-bond acceptors (Lipinski definition) is 4. The average Bonchev–Trinajstić information content (AvgIpc) is 3.67. The molecule has 4 heterocycles. The van der Waals surface area contributed by atoms with Crippen LogP contribution in [0.2, 0.25) is 0 Å². The van der Waals surface area contributed by atoms with Gasteiger partial charge < -0.3 is 14.0 Å². The minimum absolute atomic E-state index is 0. The van der Waals surface area contributed by atoms with E-state index in [1.165, 1.54) is 6.20 Å². The van der Waals surface area contributed by atoms with Crippen LogP contribution in [0.4, 0.5) is 0 Å². The third kappa shape index (κ3) is 6.15. The molecule has 8 rings (SSSR count). The molecule has 0 atom stereocenters. The van der Waals surface area contributed by atoms with Crippen LogP contribution in [0.1, 0.15) is 29.1 Å². The summed E-state index contributed by atoms with van der Waals surface area (Å²) in [7, 11) is 0. The zero-order chi connectivity index (χ0) is 33.3. The van der Waals surface area contributed by atoms with Gasteiger partial charge in [-0.05, 0) is 66.8 Å². The van der Waals surface area contributed by atoms with Crippen molar-refractivity contribution in [3.8, 4) is 28.3 Å². The number of imidazole rings is 1. The number of furan rings is 1. The van der Waals surface area contributed by atoms with Crippen molar-refractivity contribution in [1.82, 2.24) is 19.5 Å². The minimum Gasteiger partial charge on any atom is -0.486 e. The zero-order valence-corrected chi connectivity index (χ0v) is 27.8. The molecular formula is C40H32IrN4O-2. The Morgan fingerprint density at radius 1 is 0.848 bits per heavy atom. The molecule has 0 N–H and O–H groups in total. The molecule has 6 heteroatoms. The van der Waals surface area contributed by atoms with Crippen LogP contribution >= 0.6 is 0 Å². The van der Waals surface area contributed by atoms with Gasteiger partial charge in [0.2, 0.25) is 5.71 Å². The summed E-state index contributed by atoms with van der Waals surface area (Å²) in [4.78, 5) is 13.6. The van der Waals surface area contributed by atoms with Crippen molar-refractivity contribution in [2.24, 2.45) is 5.92 Å². The van der Waals surface area contributed by atoms with E-state index in [0.29, 0.717) is 17.2 Å². The molecule has 0 saturated carbocycles. The first-order chi connectivity index (χ1) is 23.3. The quantitative estimate of drug-likeness (QED) is 0.163. The first-order valence-corrected chi connectivity index (χ1v) is 15.0.